The summed E-state index contributed by atoms with van der Waals surface area (Å²) in [6.07, 6.45) is 1.73. The van der Waals surface area contributed by atoms with Crippen LogP contribution in [0.1, 0.15) is 10.4 Å². The Kier molecular flexibility index (Phi) is 4.94. The van der Waals surface area contributed by atoms with E-state index in [4.69, 9.17) is 14.5 Å². The van der Waals surface area contributed by atoms with Gasteiger partial charge < -0.3 is 14.4 Å². The quantitative estimate of drug-likeness (QED) is 0.501. The fourth-order valence-electron chi connectivity index (χ4n) is 3.07. The van der Waals surface area contributed by atoms with E-state index in [1.54, 1.807) is 39.5 Å². The fraction of sp³-hybridized carbons (Fsp3) is 0.190. The maximum Gasteiger partial charge on any atom is 0.253 e. The highest BCUT2D eigenvalue weighted by Crippen LogP contribution is 2.34. The maximum atomic E-state index is 12.3. The number of fused-ring (bicyclic) bond motifs is 1. The van der Waals surface area contributed by atoms with Crippen molar-refractivity contribution in [2.24, 2.45) is 0 Å². The second kappa shape index (κ2) is 7.56. The Morgan fingerprint density at radius 3 is 2.59 bits per heavy atom. The molecule has 29 heavy (non-hydrogen) atoms. The number of thiazole rings is 1. The van der Waals surface area contributed by atoms with Crippen LogP contribution in [0.5, 0.6) is 11.5 Å². The topological polar surface area (TPSA) is 69.5 Å². The Labute approximate surface area is 172 Å². The zero-order chi connectivity index (χ0) is 20.5. The molecule has 7 nitrogen and oxygen atoms in total. The lowest BCUT2D eigenvalue weighted by atomic mass is 10.1. The SMILES string of the molecule is COc1cc2ncn(-c3nc(-c4cccc(C(=O)N(C)C)c4)cs3)c2cc1OC. The number of carbonyl (C=O) groups excluding carboxylic acids is 1. The molecule has 0 aliphatic rings. The van der Waals surface area contributed by atoms with Crippen LogP contribution in [0.15, 0.2) is 48.1 Å². The van der Waals surface area contributed by atoms with Crippen molar-refractivity contribution in [1.82, 2.24) is 19.4 Å². The molecule has 8 heteroatoms. The van der Waals surface area contributed by atoms with E-state index in [0.29, 0.717) is 17.1 Å². The Bertz CT molecular complexity index is 1200. The highest BCUT2D eigenvalue weighted by atomic mass is 32.1. The zero-order valence-corrected chi connectivity index (χ0v) is 17.4. The van der Waals surface area contributed by atoms with Gasteiger partial charge in [0, 0.05) is 42.7 Å². The molecule has 0 bridgehead atoms. The summed E-state index contributed by atoms with van der Waals surface area (Å²) in [6, 6.07) is 11.2. The summed E-state index contributed by atoms with van der Waals surface area (Å²) in [5.41, 5.74) is 4.00. The largest absolute Gasteiger partial charge is 0.493 e. The minimum Gasteiger partial charge on any atom is -0.493 e. The molecule has 0 fully saturated rings. The van der Waals surface area contributed by atoms with Gasteiger partial charge in [0.05, 0.1) is 30.9 Å². The summed E-state index contributed by atoms with van der Waals surface area (Å²) in [5.74, 6) is 1.23. The van der Waals surface area contributed by atoms with Crippen LogP contribution in [0.2, 0.25) is 0 Å². The number of benzene rings is 2. The van der Waals surface area contributed by atoms with Crippen molar-refractivity contribution in [1.29, 1.82) is 0 Å². The van der Waals surface area contributed by atoms with Gasteiger partial charge in [0.2, 0.25) is 0 Å². The highest BCUT2D eigenvalue weighted by molar-refractivity contribution is 7.12. The van der Waals surface area contributed by atoms with Gasteiger partial charge in [-0.15, -0.1) is 11.3 Å². The van der Waals surface area contributed by atoms with Crippen molar-refractivity contribution in [3.8, 4) is 27.9 Å². The van der Waals surface area contributed by atoms with E-state index in [1.807, 2.05) is 46.3 Å². The van der Waals surface area contributed by atoms with Gasteiger partial charge in [-0.2, -0.15) is 0 Å². The molecule has 0 aliphatic heterocycles. The van der Waals surface area contributed by atoms with Gasteiger partial charge in [-0.1, -0.05) is 12.1 Å². The molecule has 4 rings (SSSR count). The van der Waals surface area contributed by atoms with Crippen molar-refractivity contribution in [3.05, 3.63) is 53.7 Å². The summed E-state index contributed by atoms with van der Waals surface area (Å²) in [6.45, 7) is 0. The van der Waals surface area contributed by atoms with E-state index >= 15 is 0 Å². The normalized spacial score (nSPS) is 10.9. The van der Waals surface area contributed by atoms with Gasteiger partial charge in [-0.05, 0) is 12.1 Å². The molecule has 0 N–H and O–H groups in total. The van der Waals surface area contributed by atoms with Crippen molar-refractivity contribution in [3.63, 3.8) is 0 Å². The second-order valence-corrected chi connectivity index (χ2v) is 7.44. The predicted molar refractivity (Wildman–Crippen MR) is 113 cm³/mol. The Balaban J connectivity index is 1.73. The van der Waals surface area contributed by atoms with Gasteiger partial charge in [-0.3, -0.25) is 9.36 Å². The van der Waals surface area contributed by atoms with Crippen LogP contribution in [0.4, 0.5) is 0 Å². The average Bonchev–Trinajstić information content (AvgIpc) is 3.38. The fourth-order valence-corrected chi connectivity index (χ4v) is 3.88. The van der Waals surface area contributed by atoms with Crippen molar-refractivity contribution in [2.45, 2.75) is 0 Å². The standard InChI is InChI=1S/C21H20N4O3S/c1-24(2)20(26)14-7-5-6-13(8-14)16-11-29-21(23-16)25-12-22-15-9-18(27-3)19(28-4)10-17(15)25/h5-12H,1-4H3. The molecule has 0 atom stereocenters. The molecule has 0 spiro atoms. The Hall–Kier alpha value is -3.39. The van der Waals surface area contributed by atoms with Gasteiger partial charge in [0.1, 0.15) is 6.33 Å². The summed E-state index contributed by atoms with van der Waals surface area (Å²) in [4.78, 5) is 23.0. The van der Waals surface area contributed by atoms with Crippen LogP contribution in [0.25, 0.3) is 27.4 Å². The first-order valence-corrected chi connectivity index (χ1v) is 9.77. The summed E-state index contributed by atoms with van der Waals surface area (Å²) in [7, 11) is 6.68. The molecule has 2 aromatic carbocycles. The van der Waals surface area contributed by atoms with Crippen LogP contribution < -0.4 is 9.47 Å². The lowest BCUT2D eigenvalue weighted by Gasteiger charge is -2.10. The molecule has 2 aromatic heterocycles. The number of imidazole rings is 1. The third-order valence-electron chi connectivity index (χ3n) is 4.56. The number of methoxy groups -OCH3 is 2. The lowest BCUT2D eigenvalue weighted by molar-refractivity contribution is 0.0827. The van der Waals surface area contributed by atoms with Gasteiger partial charge in [0.25, 0.3) is 5.91 Å². The molecule has 0 radical (unpaired) electrons. The number of hydrogen-bond acceptors (Lipinski definition) is 6. The zero-order valence-electron chi connectivity index (χ0n) is 16.5. The summed E-state index contributed by atoms with van der Waals surface area (Å²) in [5, 5.41) is 2.75. The van der Waals surface area contributed by atoms with Crippen molar-refractivity contribution >= 4 is 28.3 Å². The first kappa shape index (κ1) is 18.9. The number of amides is 1. The molecular weight excluding hydrogens is 388 g/mol. The average molecular weight is 408 g/mol. The van der Waals surface area contributed by atoms with Gasteiger partial charge >= 0.3 is 0 Å². The van der Waals surface area contributed by atoms with Crippen LogP contribution in [0, 0.1) is 0 Å². The number of hydrogen-bond donors (Lipinski definition) is 0. The number of ether oxygens (including phenoxy) is 2. The predicted octanol–water partition coefficient (Wildman–Crippen LogP) is 3.87. The Morgan fingerprint density at radius 1 is 1.10 bits per heavy atom. The number of carbonyl (C=O) groups is 1. The van der Waals surface area contributed by atoms with E-state index in [9.17, 15) is 4.79 Å². The monoisotopic (exact) mass is 408 g/mol. The number of aromatic nitrogens is 3. The van der Waals surface area contributed by atoms with Crippen LogP contribution in [-0.2, 0) is 0 Å². The molecule has 0 saturated heterocycles. The third-order valence-corrected chi connectivity index (χ3v) is 5.40. The van der Waals surface area contributed by atoms with E-state index in [-0.39, 0.29) is 5.91 Å². The summed E-state index contributed by atoms with van der Waals surface area (Å²) >= 11 is 1.51. The molecular formula is C21H20N4O3S. The van der Waals surface area contributed by atoms with Crippen molar-refractivity contribution < 1.29 is 14.3 Å². The minimum absolute atomic E-state index is 0.0380. The Morgan fingerprint density at radius 2 is 1.86 bits per heavy atom. The molecule has 2 heterocycles. The third kappa shape index (κ3) is 3.42. The van der Waals surface area contributed by atoms with Crippen molar-refractivity contribution in [2.75, 3.05) is 28.3 Å². The molecule has 0 unspecified atom stereocenters. The van der Waals surface area contributed by atoms with E-state index in [0.717, 1.165) is 27.4 Å². The van der Waals surface area contributed by atoms with E-state index < -0.39 is 0 Å². The van der Waals surface area contributed by atoms with Crippen LogP contribution in [0.3, 0.4) is 0 Å². The second-order valence-electron chi connectivity index (χ2n) is 6.61. The molecule has 1 amide bonds. The molecule has 4 aromatic rings. The highest BCUT2D eigenvalue weighted by Gasteiger charge is 2.15. The minimum atomic E-state index is -0.0380. The first-order valence-electron chi connectivity index (χ1n) is 8.89. The molecule has 0 aliphatic carbocycles. The smallest absolute Gasteiger partial charge is 0.253 e. The lowest BCUT2D eigenvalue weighted by Crippen LogP contribution is -2.21. The maximum absolute atomic E-state index is 12.3. The number of rotatable bonds is 5. The van der Waals surface area contributed by atoms with Crippen LogP contribution >= 0.6 is 11.3 Å². The first-order chi connectivity index (χ1) is 14.0. The van der Waals surface area contributed by atoms with E-state index in [1.165, 1.54) is 11.3 Å². The number of nitrogens with zero attached hydrogens (tertiary/aromatic N) is 4. The van der Waals surface area contributed by atoms with Crippen LogP contribution in [-0.4, -0.2) is 53.7 Å². The molecule has 0 saturated carbocycles. The van der Waals surface area contributed by atoms with E-state index in [2.05, 4.69) is 4.98 Å². The van der Waals surface area contributed by atoms with Gasteiger partial charge in [0.15, 0.2) is 16.6 Å². The summed E-state index contributed by atoms with van der Waals surface area (Å²) < 4.78 is 12.7. The molecule has 148 valence electrons. The van der Waals surface area contributed by atoms with Gasteiger partial charge in [-0.25, -0.2) is 9.97 Å².